The number of nitrogens with two attached hydrogens (primary N) is 1. The van der Waals surface area contributed by atoms with Crippen molar-refractivity contribution in [3.63, 3.8) is 0 Å². The van der Waals surface area contributed by atoms with Gasteiger partial charge >= 0.3 is 0 Å². The number of nitrogens with zero attached hydrogens (tertiary/aromatic N) is 1. The maximum absolute atomic E-state index is 14.4. The fraction of sp³-hybridized carbons (Fsp3) is 0.222. The molecule has 124 valence electrons. The molecule has 0 aliphatic heterocycles. The molecule has 0 spiro atoms. The minimum atomic E-state index is -0.518. The van der Waals surface area contributed by atoms with Crippen LogP contribution in [0.15, 0.2) is 36.5 Å². The Kier molecular flexibility index (Phi) is 6.15. The highest BCUT2D eigenvalue weighted by Gasteiger charge is 2.13. The van der Waals surface area contributed by atoms with E-state index in [0.717, 1.165) is 6.42 Å². The number of carbonyl (C=O) groups excluding carboxylic acids is 1. The lowest BCUT2D eigenvalue weighted by molar-refractivity contribution is 0.0951. The zero-order chi connectivity index (χ0) is 17.4. The molecule has 0 fully saturated rings. The molecule has 0 bridgehead atoms. The predicted molar refractivity (Wildman–Crippen MR) is 89.8 cm³/mol. The van der Waals surface area contributed by atoms with Gasteiger partial charge in [-0.1, -0.05) is 25.0 Å². The third-order valence-electron chi connectivity index (χ3n) is 3.17. The molecule has 0 radical (unpaired) electrons. The molecule has 2 rings (SSSR count). The number of benzene rings is 1. The van der Waals surface area contributed by atoms with Gasteiger partial charge in [-0.15, -0.1) is 5.92 Å². The lowest BCUT2D eigenvalue weighted by Gasteiger charge is -2.10. The van der Waals surface area contributed by atoms with Gasteiger partial charge in [-0.3, -0.25) is 4.79 Å². The van der Waals surface area contributed by atoms with Crippen LogP contribution in [0.1, 0.15) is 29.3 Å². The molecule has 1 heterocycles. The van der Waals surface area contributed by atoms with Crippen molar-refractivity contribution in [3.8, 4) is 17.6 Å². The molecule has 0 aliphatic carbocycles. The lowest BCUT2D eigenvalue weighted by atomic mass is 10.2. The van der Waals surface area contributed by atoms with E-state index in [4.69, 9.17) is 10.5 Å². The summed E-state index contributed by atoms with van der Waals surface area (Å²) in [6.45, 7) is 2.05. The first-order chi connectivity index (χ1) is 11.6. The molecule has 0 atom stereocenters. The zero-order valence-corrected chi connectivity index (χ0v) is 13.3. The molecule has 24 heavy (non-hydrogen) atoms. The van der Waals surface area contributed by atoms with Crippen LogP contribution in [-0.4, -0.2) is 17.5 Å². The number of amides is 1. The Balaban J connectivity index is 2.02. The van der Waals surface area contributed by atoms with Crippen LogP contribution in [0.25, 0.3) is 0 Å². The molecular weight excluding hydrogens is 309 g/mol. The van der Waals surface area contributed by atoms with Crippen LogP contribution in [0.3, 0.4) is 0 Å². The summed E-state index contributed by atoms with van der Waals surface area (Å²) < 4.78 is 19.7. The van der Waals surface area contributed by atoms with E-state index in [1.54, 1.807) is 24.3 Å². The molecule has 5 nitrogen and oxygen atoms in total. The number of nitrogen functional groups attached to an aromatic ring is 1. The van der Waals surface area contributed by atoms with Crippen molar-refractivity contribution in [1.29, 1.82) is 0 Å². The summed E-state index contributed by atoms with van der Waals surface area (Å²) in [6.07, 6.45) is 2.21. The number of anilines is 1. The van der Waals surface area contributed by atoms with Crippen LogP contribution in [0.2, 0.25) is 0 Å². The van der Waals surface area contributed by atoms with Gasteiger partial charge in [-0.25, -0.2) is 9.37 Å². The van der Waals surface area contributed by atoms with Crippen LogP contribution in [-0.2, 0) is 6.54 Å². The molecule has 1 aromatic heterocycles. The third kappa shape index (κ3) is 4.46. The van der Waals surface area contributed by atoms with Crippen molar-refractivity contribution in [1.82, 2.24) is 10.3 Å². The largest absolute Gasteiger partial charge is 0.478 e. The molecule has 0 saturated carbocycles. The number of hydrogen-bond acceptors (Lipinski definition) is 4. The van der Waals surface area contributed by atoms with Gasteiger partial charge < -0.3 is 15.8 Å². The Morgan fingerprint density at radius 1 is 1.33 bits per heavy atom. The summed E-state index contributed by atoms with van der Waals surface area (Å²) in [7, 11) is 0. The fourth-order valence-corrected chi connectivity index (χ4v) is 1.97. The number of hydrogen-bond donors (Lipinski definition) is 2. The monoisotopic (exact) mass is 327 g/mol. The van der Waals surface area contributed by atoms with Crippen LogP contribution in [0, 0.1) is 17.7 Å². The molecular formula is C18H18FN3O2. The first kappa shape index (κ1) is 17.3. The van der Waals surface area contributed by atoms with Crippen LogP contribution < -0.4 is 15.8 Å². The number of pyridine rings is 1. The first-order valence-corrected chi connectivity index (χ1v) is 7.48. The van der Waals surface area contributed by atoms with E-state index >= 15 is 0 Å². The van der Waals surface area contributed by atoms with Crippen molar-refractivity contribution in [2.45, 2.75) is 19.9 Å². The molecule has 0 aliphatic rings. The van der Waals surface area contributed by atoms with E-state index in [1.165, 1.54) is 12.3 Å². The second kappa shape index (κ2) is 8.53. The molecule has 2 aromatic rings. The van der Waals surface area contributed by atoms with Crippen LogP contribution >= 0.6 is 0 Å². The van der Waals surface area contributed by atoms with E-state index in [-0.39, 0.29) is 30.3 Å². The van der Waals surface area contributed by atoms with Crippen LogP contribution in [0.5, 0.6) is 5.75 Å². The van der Waals surface area contributed by atoms with Gasteiger partial charge in [-0.2, -0.15) is 0 Å². The van der Waals surface area contributed by atoms with Crippen LogP contribution in [0.4, 0.5) is 10.2 Å². The van der Waals surface area contributed by atoms with Gasteiger partial charge in [0, 0.05) is 24.7 Å². The minimum Gasteiger partial charge on any atom is -0.478 e. The van der Waals surface area contributed by atoms with Crippen molar-refractivity contribution >= 4 is 11.7 Å². The third-order valence-corrected chi connectivity index (χ3v) is 3.17. The second-order valence-corrected chi connectivity index (χ2v) is 4.84. The molecule has 1 aromatic carbocycles. The first-order valence-electron chi connectivity index (χ1n) is 7.48. The second-order valence-electron chi connectivity index (χ2n) is 4.84. The van der Waals surface area contributed by atoms with Crippen molar-refractivity contribution in [2.24, 2.45) is 0 Å². The molecule has 6 heteroatoms. The standard InChI is InChI=1S/C18H18FN3O2/c1-2-3-4-11-24-15-9-5-7-13(16(15)19)12-22-18(23)14-8-6-10-21-17(14)20/h5-10H,2,11-12H2,1H3,(H2,20,21)(H,22,23). The topological polar surface area (TPSA) is 77.2 Å². The quantitative estimate of drug-likeness (QED) is 0.827. The lowest BCUT2D eigenvalue weighted by Crippen LogP contribution is -2.24. The summed E-state index contributed by atoms with van der Waals surface area (Å²) in [5, 5.41) is 2.62. The van der Waals surface area contributed by atoms with Gasteiger partial charge in [0.05, 0.1) is 5.56 Å². The van der Waals surface area contributed by atoms with Gasteiger partial charge in [-0.05, 0) is 18.2 Å². The highest BCUT2D eigenvalue weighted by atomic mass is 19.1. The number of carbonyl (C=O) groups is 1. The number of nitrogens with one attached hydrogen (secondary N) is 1. The molecule has 0 unspecified atom stereocenters. The van der Waals surface area contributed by atoms with Gasteiger partial charge in [0.1, 0.15) is 12.4 Å². The zero-order valence-electron chi connectivity index (χ0n) is 13.3. The van der Waals surface area contributed by atoms with E-state index in [1.807, 2.05) is 6.92 Å². The van der Waals surface area contributed by atoms with Gasteiger partial charge in [0.2, 0.25) is 0 Å². The van der Waals surface area contributed by atoms with Crippen molar-refractivity contribution in [2.75, 3.05) is 12.3 Å². The predicted octanol–water partition coefficient (Wildman–Crippen LogP) is 2.53. The van der Waals surface area contributed by atoms with Crippen molar-refractivity contribution < 1.29 is 13.9 Å². The highest BCUT2D eigenvalue weighted by Crippen LogP contribution is 2.20. The maximum Gasteiger partial charge on any atom is 0.255 e. The highest BCUT2D eigenvalue weighted by molar-refractivity contribution is 5.98. The Morgan fingerprint density at radius 3 is 2.92 bits per heavy atom. The Morgan fingerprint density at radius 2 is 2.17 bits per heavy atom. The van der Waals surface area contributed by atoms with Gasteiger partial charge in [0.25, 0.3) is 5.91 Å². The summed E-state index contributed by atoms with van der Waals surface area (Å²) in [4.78, 5) is 15.9. The number of rotatable bonds is 5. The van der Waals surface area contributed by atoms with E-state index in [2.05, 4.69) is 22.1 Å². The normalized spacial score (nSPS) is 9.75. The number of ether oxygens (including phenoxy) is 1. The maximum atomic E-state index is 14.4. The fourth-order valence-electron chi connectivity index (χ4n) is 1.97. The summed E-state index contributed by atoms with van der Waals surface area (Å²) in [6, 6.07) is 7.92. The van der Waals surface area contributed by atoms with E-state index in [0.29, 0.717) is 5.56 Å². The van der Waals surface area contributed by atoms with E-state index < -0.39 is 11.7 Å². The van der Waals surface area contributed by atoms with Gasteiger partial charge in [0.15, 0.2) is 11.6 Å². The van der Waals surface area contributed by atoms with Crippen molar-refractivity contribution in [3.05, 3.63) is 53.5 Å². The SMILES string of the molecule is CCC#CCOc1cccc(CNC(=O)c2cccnc2N)c1F. The number of aromatic nitrogens is 1. The Bertz CT molecular complexity index is 781. The summed E-state index contributed by atoms with van der Waals surface area (Å²) in [5.74, 6) is 4.92. The molecule has 0 saturated heterocycles. The summed E-state index contributed by atoms with van der Waals surface area (Å²) in [5.41, 5.74) is 6.21. The molecule has 1 amide bonds. The Hall–Kier alpha value is -3.07. The minimum absolute atomic E-state index is 0.0108. The molecule has 3 N–H and O–H groups in total. The summed E-state index contributed by atoms with van der Waals surface area (Å²) >= 11 is 0. The van der Waals surface area contributed by atoms with E-state index in [9.17, 15) is 9.18 Å². The average Bonchev–Trinajstić information content (AvgIpc) is 2.59. The average molecular weight is 327 g/mol. The Labute approximate surface area is 140 Å². The number of halogens is 1. The smallest absolute Gasteiger partial charge is 0.255 e.